The van der Waals surface area contributed by atoms with Crippen LogP contribution in [-0.4, -0.2) is 40.5 Å². The molecular formula is C20H19F3N8. The lowest BCUT2D eigenvalue weighted by atomic mass is 9.98. The van der Waals surface area contributed by atoms with Crippen molar-refractivity contribution in [2.45, 2.75) is 25.4 Å². The SMILES string of the molecule is Cn1nccc1Nc1nccc(-c2ccn3c(CC(C4CC4)C(F)(F)F)nnc3c2)n1. The van der Waals surface area contributed by atoms with Gasteiger partial charge in [-0.25, -0.2) is 9.97 Å². The second kappa shape index (κ2) is 7.33. The summed E-state index contributed by atoms with van der Waals surface area (Å²) >= 11 is 0. The molecule has 4 aromatic heterocycles. The fraction of sp³-hybridized carbons (Fsp3) is 0.350. The molecule has 5 rings (SSSR count). The first kappa shape index (κ1) is 19.5. The van der Waals surface area contributed by atoms with E-state index in [1.807, 2.05) is 0 Å². The van der Waals surface area contributed by atoms with E-state index < -0.39 is 12.1 Å². The van der Waals surface area contributed by atoms with Gasteiger partial charge in [-0.15, -0.1) is 10.2 Å². The Morgan fingerprint density at radius 1 is 1.16 bits per heavy atom. The summed E-state index contributed by atoms with van der Waals surface area (Å²) in [5.41, 5.74) is 1.89. The first-order chi connectivity index (χ1) is 14.9. The number of nitrogens with zero attached hydrogens (tertiary/aromatic N) is 7. The highest BCUT2D eigenvalue weighted by molar-refractivity contribution is 5.65. The average molecular weight is 428 g/mol. The van der Waals surface area contributed by atoms with E-state index in [4.69, 9.17) is 0 Å². The maximum Gasteiger partial charge on any atom is 0.392 e. The molecular weight excluding hydrogens is 409 g/mol. The standard InChI is InChI=1S/C20H19F3N8/c1-30-16(5-8-25-30)27-19-24-7-4-15(26-19)13-6-9-31-17(10-13)28-29-18(31)11-14(12-2-3-12)20(21,22)23/h4-10,12,14H,2-3,11H2,1H3,(H,24,26,27). The van der Waals surface area contributed by atoms with Gasteiger partial charge in [0.15, 0.2) is 5.65 Å². The summed E-state index contributed by atoms with van der Waals surface area (Å²) in [5, 5.41) is 15.3. The van der Waals surface area contributed by atoms with Crippen molar-refractivity contribution in [3.05, 3.63) is 48.7 Å². The molecule has 160 valence electrons. The van der Waals surface area contributed by atoms with Crippen LogP contribution in [0.25, 0.3) is 16.9 Å². The van der Waals surface area contributed by atoms with Gasteiger partial charge in [0.05, 0.1) is 17.8 Å². The second-order valence-corrected chi connectivity index (χ2v) is 7.68. The number of aromatic nitrogens is 7. The smallest absolute Gasteiger partial charge is 0.309 e. The molecule has 31 heavy (non-hydrogen) atoms. The minimum Gasteiger partial charge on any atom is -0.309 e. The highest BCUT2D eigenvalue weighted by Crippen LogP contribution is 2.46. The zero-order valence-electron chi connectivity index (χ0n) is 16.6. The molecule has 11 heteroatoms. The predicted molar refractivity (Wildman–Crippen MR) is 106 cm³/mol. The molecule has 1 unspecified atom stereocenters. The highest BCUT2D eigenvalue weighted by atomic mass is 19.4. The zero-order chi connectivity index (χ0) is 21.6. The summed E-state index contributed by atoms with van der Waals surface area (Å²) in [4.78, 5) is 8.74. The lowest BCUT2D eigenvalue weighted by Crippen LogP contribution is -2.27. The summed E-state index contributed by atoms with van der Waals surface area (Å²) in [6.45, 7) is 0. The predicted octanol–water partition coefficient (Wildman–Crippen LogP) is 3.79. The fourth-order valence-electron chi connectivity index (χ4n) is 3.67. The number of pyridine rings is 1. The first-order valence-corrected chi connectivity index (χ1v) is 9.87. The van der Waals surface area contributed by atoms with Crippen LogP contribution in [0.3, 0.4) is 0 Å². The molecule has 8 nitrogen and oxygen atoms in total. The number of hydrogen-bond donors (Lipinski definition) is 1. The second-order valence-electron chi connectivity index (χ2n) is 7.68. The minimum atomic E-state index is -4.23. The fourth-order valence-corrected chi connectivity index (χ4v) is 3.67. The third-order valence-corrected chi connectivity index (χ3v) is 5.51. The first-order valence-electron chi connectivity index (χ1n) is 9.87. The van der Waals surface area contributed by atoms with Gasteiger partial charge in [-0.1, -0.05) is 0 Å². The van der Waals surface area contributed by atoms with Gasteiger partial charge in [0.1, 0.15) is 11.6 Å². The van der Waals surface area contributed by atoms with Crippen LogP contribution in [0.5, 0.6) is 0 Å². The van der Waals surface area contributed by atoms with Gasteiger partial charge >= 0.3 is 6.18 Å². The van der Waals surface area contributed by atoms with Crippen LogP contribution in [-0.2, 0) is 13.5 Å². The molecule has 0 aromatic carbocycles. The Morgan fingerprint density at radius 3 is 2.71 bits per heavy atom. The van der Waals surface area contributed by atoms with E-state index in [1.165, 1.54) is 0 Å². The van der Waals surface area contributed by atoms with Crippen molar-refractivity contribution < 1.29 is 13.2 Å². The number of halogens is 3. The Bertz CT molecular complexity index is 1220. The molecule has 1 atom stereocenters. The van der Waals surface area contributed by atoms with Gasteiger partial charge in [-0.2, -0.15) is 18.3 Å². The summed E-state index contributed by atoms with van der Waals surface area (Å²) in [6, 6.07) is 7.10. The van der Waals surface area contributed by atoms with Crippen molar-refractivity contribution in [1.29, 1.82) is 0 Å². The van der Waals surface area contributed by atoms with Crippen LogP contribution in [0.4, 0.5) is 24.9 Å². The Balaban J connectivity index is 1.41. The van der Waals surface area contributed by atoms with Crippen LogP contribution >= 0.6 is 0 Å². The van der Waals surface area contributed by atoms with Crippen molar-refractivity contribution in [3.63, 3.8) is 0 Å². The number of alkyl halides is 3. The molecule has 0 saturated heterocycles. The molecule has 1 aliphatic rings. The number of anilines is 2. The summed E-state index contributed by atoms with van der Waals surface area (Å²) in [6.07, 6.45) is 1.82. The van der Waals surface area contributed by atoms with E-state index in [0.29, 0.717) is 36.0 Å². The van der Waals surface area contributed by atoms with Crippen LogP contribution in [0.15, 0.2) is 42.9 Å². The van der Waals surface area contributed by atoms with E-state index in [-0.39, 0.29) is 12.3 Å². The van der Waals surface area contributed by atoms with Gasteiger partial charge in [-0.3, -0.25) is 9.08 Å². The van der Waals surface area contributed by atoms with Crippen LogP contribution < -0.4 is 5.32 Å². The third kappa shape index (κ3) is 3.94. The molecule has 0 bridgehead atoms. The average Bonchev–Trinajstić information content (AvgIpc) is 3.38. The Hall–Kier alpha value is -3.50. The molecule has 1 fully saturated rings. The minimum absolute atomic E-state index is 0.166. The van der Waals surface area contributed by atoms with Crippen molar-refractivity contribution in [1.82, 2.24) is 34.3 Å². The maximum atomic E-state index is 13.4. The molecule has 0 aliphatic heterocycles. The molecule has 4 aromatic rings. The van der Waals surface area contributed by atoms with Crippen molar-refractivity contribution in [2.24, 2.45) is 18.9 Å². The number of hydrogen-bond acceptors (Lipinski definition) is 6. The third-order valence-electron chi connectivity index (χ3n) is 5.51. The summed E-state index contributed by atoms with van der Waals surface area (Å²) in [5.74, 6) is -0.220. The van der Waals surface area contributed by atoms with E-state index in [1.54, 1.807) is 59.0 Å². The molecule has 1 saturated carbocycles. The maximum absolute atomic E-state index is 13.4. The lowest BCUT2D eigenvalue weighted by molar-refractivity contribution is -0.180. The molecule has 0 amide bonds. The quantitative estimate of drug-likeness (QED) is 0.503. The number of rotatable bonds is 6. The van der Waals surface area contributed by atoms with Gasteiger partial charge in [0.25, 0.3) is 0 Å². The van der Waals surface area contributed by atoms with Crippen molar-refractivity contribution in [2.75, 3.05) is 5.32 Å². The number of nitrogens with one attached hydrogen (secondary N) is 1. The summed E-state index contributed by atoms with van der Waals surface area (Å²) in [7, 11) is 1.80. The number of aryl methyl sites for hydroxylation is 1. The van der Waals surface area contributed by atoms with Gasteiger partial charge in [0.2, 0.25) is 5.95 Å². The molecule has 1 aliphatic carbocycles. The Labute approximate surface area is 175 Å². The van der Waals surface area contributed by atoms with Gasteiger partial charge < -0.3 is 5.32 Å². The molecule has 4 heterocycles. The van der Waals surface area contributed by atoms with Crippen LogP contribution in [0.2, 0.25) is 0 Å². The normalized spacial score (nSPS) is 15.4. The summed E-state index contributed by atoms with van der Waals surface area (Å²) < 4.78 is 43.5. The molecule has 0 spiro atoms. The van der Waals surface area contributed by atoms with Crippen LogP contribution in [0, 0.1) is 11.8 Å². The topological polar surface area (TPSA) is 85.8 Å². The van der Waals surface area contributed by atoms with E-state index in [0.717, 1.165) is 11.4 Å². The van der Waals surface area contributed by atoms with Gasteiger partial charge in [-0.05, 0) is 37.0 Å². The molecule has 0 radical (unpaired) electrons. The lowest BCUT2D eigenvalue weighted by Gasteiger charge is -2.18. The van der Waals surface area contributed by atoms with Crippen LogP contribution in [0.1, 0.15) is 18.7 Å². The van der Waals surface area contributed by atoms with Gasteiger partial charge in [0, 0.05) is 37.5 Å². The number of fused-ring (bicyclic) bond motifs is 1. The van der Waals surface area contributed by atoms with E-state index in [9.17, 15) is 13.2 Å². The van der Waals surface area contributed by atoms with E-state index >= 15 is 0 Å². The van der Waals surface area contributed by atoms with E-state index in [2.05, 4.69) is 30.6 Å². The van der Waals surface area contributed by atoms with Crippen molar-refractivity contribution >= 4 is 17.4 Å². The Kier molecular flexibility index (Phi) is 4.60. The highest BCUT2D eigenvalue weighted by Gasteiger charge is 2.49. The largest absolute Gasteiger partial charge is 0.392 e. The Morgan fingerprint density at radius 2 is 2.00 bits per heavy atom. The monoisotopic (exact) mass is 428 g/mol. The van der Waals surface area contributed by atoms with Crippen molar-refractivity contribution in [3.8, 4) is 11.3 Å². The molecule has 1 N–H and O–H groups in total. The zero-order valence-corrected chi connectivity index (χ0v) is 16.6.